The largest absolute Gasteiger partial charge is 0.508 e. The van der Waals surface area contributed by atoms with Crippen LogP contribution >= 0.6 is 11.8 Å². The number of phenols is 1. The number of benzene rings is 4. The number of aliphatic hydroxyl groups is 1. The van der Waals surface area contributed by atoms with E-state index in [2.05, 4.69) is 27.8 Å². The van der Waals surface area contributed by atoms with Gasteiger partial charge >= 0.3 is 5.97 Å². The Labute approximate surface area is 293 Å². The number of phenolic OH excluding ortho intramolecular Hbond substituents is 1. The highest BCUT2D eigenvalue weighted by atomic mass is 32.2. The van der Waals surface area contributed by atoms with Gasteiger partial charge in [0.25, 0.3) is 0 Å². The molecule has 4 atom stereocenters. The van der Waals surface area contributed by atoms with Crippen LogP contribution in [0.4, 0.5) is 0 Å². The molecule has 1 aliphatic heterocycles. The lowest BCUT2D eigenvalue weighted by molar-refractivity contribution is -0.268. The maximum absolute atomic E-state index is 12.2. The molecule has 5 aromatic rings. The van der Waals surface area contributed by atoms with Crippen LogP contribution in [0.1, 0.15) is 54.4 Å². The first-order valence-corrected chi connectivity index (χ1v) is 17.2. The minimum absolute atomic E-state index is 0.0469. The number of carboxylic acid groups (broad SMARTS) is 1. The summed E-state index contributed by atoms with van der Waals surface area (Å²) in [6, 6.07) is 30.1. The molecule has 6 rings (SSSR count). The number of nitrogens with one attached hydrogen (secondary N) is 1. The molecule has 0 unspecified atom stereocenters. The number of aliphatic hydroxyl groups excluding tert-OH is 1. The van der Waals surface area contributed by atoms with Gasteiger partial charge in [-0.2, -0.15) is 4.68 Å². The lowest BCUT2D eigenvalue weighted by Gasteiger charge is -2.41. The van der Waals surface area contributed by atoms with Gasteiger partial charge in [0.1, 0.15) is 5.75 Å². The number of rotatable bonds is 13. The second-order valence-corrected chi connectivity index (χ2v) is 13.0. The van der Waals surface area contributed by atoms with Gasteiger partial charge in [-0.15, -0.1) is 5.10 Å². The molecule has 2 heterocycles. The van der Waals surface area contributed by atoms with E-state index in [1.54, 1.807) is 28.9 Å². The highest BCUT2D eigenvalue weighted by Gasteiger charge is 2.38. The Morgan fingerprint density at radius 1 is 0.900 bits per heavy atom. The molecule has 4 aromatic carbocycles. The normalized spacial score (nSPS) is 18.8. The average molecular weight is 696 g/mol. The fraction of sp³-hybridized carbons (Fsp3) is 0.270. The molecule has 0 spiro atoms. The summed E-state index contributed by atoms with van der Waals surface area (Å²) in [5.41, 5.74) is 6.13. The number of hydrogen-bond acceptors (Lipinski definition) is 10. The van der Waals surface area contributed by atoms with Crippen LogP contribution in [0.3, 0.4) is 0 Å². The van der Waals surface area contributed by atoms with Crippen molar-refractivity contribution in [2.45, 2.75) is 56.6 Å². The number of ether oxygens (including phenoxy) is 2. The number of aromatic hydroxyl groups is 1. The third-order valence-electron chi connectivity index (χ3n) is 8.59. The number of carboxylic acids is 1. The van der Waals surface area contributed by atoms with E-state index in [4.69, 9.17) is 14.6 Å². The molecular weight excluding hydrogens is 659 g/mol. The van der Waals surface area contributed by atoms with E-state index in [0.717, 1.165) is 39.1 Å². The van der Waals surface area contributed by atoms with Crippen LogP contribution in [0.25, 0.3) is 16.8 Å². The zero-order chi connectivity index (χ0) is 35.0. The van der Waals surface area contributed by atoms with Gasteiger partial charge in [0.15, 0.2) is 6.29 Å². The van der Waals surface area contributed by atoms with Gasteiger partial charge < -0.3 is 30.1 Å². The van der Waals surface area contributed by atoms with Crippen LogP contribution < -0.4 is 5.32 Å². The van der Waals surface area contributed by atoms with E-state index in [-0.39, 0.29) is 55.8 Å². The van der Waals surface area contributed by atoms with Crippen LogP contribution in [0, 0.1) is 5.92 Å². The number of thioether (sulfide) groups is 1. The fourth-order valence-corrected chi connectivity index (χ4v) is 6.82. The Morgan fingerprint density at radius 3 is 2.34 bits per heavy atom. The topological polar surface area (TPSA) is 169 Å². The summed E-state index contributed by atoms with van der Waals surface area (Å²) < 4.78 is 14.9. The Bertz CT molecular complexity index is 1900. The summed E-state index contributed by atoms with van der Waals surface area (Å²) in [6.07, 6.45) is -1.52. The first-order valence-electron chi connectivity index (χ1n) is 16.2. The van der Waals surface area contributed by atoms with Gasteiger partial charge in [0.2, 0.25) is 11.1 Å². The molecule has 0 bridgehead atoms. The number of aromatic nitrogens is 4. The molecule has 1 aliphatic rings. The van der Waals surface area contributed by atoms with Gasteiger partial charge in [0, 0.05) is 30.2 Å². The van der Waals surface area contributed by atoms with Crippen LogP contribution in [-0.2, 0) is 32.2 Å². The Hall–Kier alpha value is -5.08. The second kappa shape index (κ2) is 16.1. The molecule has 12 nitrogen and oxygen atoms in total. The van der Waals surface area contributed by atoms with E-state index in [1.807, 2.05) is 72.8 Å². The predicted octanol–water partition coefficient (Wildman–Crippen LogP) is 5.59. The summed E-state index contributed by atoms with van der Waals surface area (Å²) in [7, 11) is 0. The number of carbonyl (C=O) groups excluding carboxylic acids is 1. The van der Waals surface area contributed by atoms with Crippen molar-refractivity contribution in [3.05, 3.63) is 119 Å². The third kappa shape index (κ3) is 8.37. The van der Waals surface area contributed by atoms with Crippen molar-refractivity contribution in [3.63, 3.8) is 0 Å². The Kier molecular flexibility index (Phi) is 11.2. The van der Waals surface area contributed by atoms with Gasteiger partial charge in [-0.3, -0.25) is 9.59 Å². The standard InChI is InChI=1S/C37H37N5O7S/c1-23-32(22-50-37-39-40-41-42(37)29-14-16-30(44)17-15-29)48-36(49-35(23)26-8-6-24(21-43)7-9-26)27-12-10-25(11-13-27)31-5-3-2-4-28(31)20-38-33(45)18-19-34(46)47/h2-17,23,32,35-36,43-44H,18-22H2,1H3,(H,38,45)(H,46,47)/t23-,32+,35+,36+/m0/s1. The number of tetrazole rings is 1. The monoisotopic (exact) mass is 695 g/mol. The highest BCUT2D eigenvalue weighted by molar-refractivity contribution is 7.99. The van der Waals surface area contributed by atoms with E-state index in [1.165, 1.54) is 11.8 Å². The zero-order valence-corrected chi connectivity index (χ0v) is 28.1. The smallest absolute Gasteiger partial charge is 0.303 e. The molecule has 13 heteroatoms. The van der Waals surface area contributed by atoms with Crippen LogP contribution in [0.2, 0.25) is 0 Å². The van der Waals surface area contributed by atoms with Crippen molar-refractivity contribution < 1.29 is 34.4 Å². The SMILES string of the molecule is C[C@H]1[C@@H](CSc2nnnn2-c2ccc(O)cc2)O[C@@H](c2ccc(-c3ccccc3CNC(=O)CCC(=O)O)cc2)O[C@H]1c1ccc(CO)cc1. The van der Waals surface area contributed by atoms with Crippen molar-refractivity contribution in [1.29, 1.82) is 0 Å². The van der Waals surface area contributed by atoms with Crippen molar-refractivity contribution in [2.75, 3.05) is 5.75 Å². The van der Waals surface area contributed by atoms with Crippen LogP contribution in [-0.4, -0.2) is 59.3 Å². The summed E-state index contributed by atoms with van der Waals surface area (Å²) in [6.45, 7) is 2.32. The molecule has 258 valence electrons. The fourth-order valence-electron chi connectivity index (χ4n) is 5.77. The first-order chi connectivity index (χ1) is 24.3. The van der Waals surface area contributed by atoms with Gasteiger partial charge in [-0.1, -0.05) is 91.5 Å². The zero-order valence-electron chi connectivity index (χ0n) is 27.3. The maximum atomic E-state index is 12.2. The number of hydrogen-bond donors (Lipinski definition) is 4. The van der Waals surface area contributed by atoms with Crippen molar-refractivity contribution in [1.82, 2.24) is 25.5 Å². The molecule has 0 saturated carbocycles. The van der Waals surface area contributed by atoms with Gasteiger partial charge in [-0.05, 0) is 62.5 Å². The quantitative estimate of drug-likeness (QED) is 0.113. The van der Waals surface area contributed by atoms with Gasteiger partial charge in [-0.25, -0.2) is 0 Å². The average Bonchev–Trinajstić information content (AvgIpc) is 3.62. The minimum atomic E-state index is -1.01. The first kappa shape index (κ1) is 34.8. The van der Waals surface area contributed by atoms with E-state index in [9.17, 15) is 19.8 Å². The molecule has 0 aliphatic carbocycles. The lowest BCUT2D eigenvalue weighted by Crippen LogP contribution is -2.38. The second-order valence-electron chi connectivity index (χ2n) is 12.0. The Morgan fingerprint density at radius 2 is 1.62 bits per heavy atom. The van der Waals surface area contributed by atoms with Crippen LogP contribution in [0.5, 0.6) is 5.75 Å². The van der Waals surface area contributed by atoms with Gasteiger partial charge in [0.05, 0.1) is 30.9 Å². The number of amides is 1. The van der Waals surface area contributed by atoms with Crippen molar-refractivity contribution >= 4 is 23.6 Å². The Balaban J connectivity index is 1.21. The van der Waals surface area contributed by atoms with Crippen molar-refractivity contribution in [3.8, 4) is 22.6 Å². The molecule has 1 aromatic heterocycles. The molecule has 1 fully saturated rings. The number of aliphatic carboxylic acids is 1. The predicted molar refractivity (Wildman–Crippen MR) is 185 cm³/mol. The highest BCUT2D eigenvalue weighted by Crippen LogP contribution is 2.43. The number of nitrogens with zero attached hydrogens (tertiary/aromatic N) is 4. The summed E-state index contributed by atoms with van der Waals surface area (Å²) in [5, 5.41) is 43.8. The third-order valence-corrected chi connectivity index (χ3v) is 9.60. The van der Waals surface area contributed by atoms with Crippen molar-refractivity contribution in [2.24, 2.45) is 5.92 Å². The van der Waals surface area contributed by atoms with E-state index < -0.39 is 12.3 Å². The van der Waals surface area contributed by atoms with E-state index in [0.29, 0.717) is 10.9 Å². The number of carbonyl (C=O) groups is 2. The molecule has 50 heavy (non-hydrogen) atoms. The summed E-state index contributed by atoms with van der Waals surface area (Å²) in [5.74, 6) is -0.685. The minimum Gasteiger partial charge on any atom is -0.508 e. The summed E-state index contributed by atoms with van der Waals surface area (Å²) in [4.78, 5) is 23.0. The van der Waals surface area contributed by atoms with E-state index >= 15 is 0 Å². The van der Waals surface area contributed by atoms with Crippen LogP contribution in [0.15, 0.2) is 102 Å². The summed E-state index contributed by atoms with van der Waals surface area (Å²) >= 11 is 1.47. The molecule has 4 N–H and O–H groups in total. The molecular formula is C37H37N5O7S. The molecule has 1 amide bonds. The molecule has 1 saturated heterocycles. The lowest BCUT2D eigenvalue weighted by atomic mass is 9.91. The maximum Gasteiger partial charge on any atom is 0.303 e. The molecule has 0 radical (unpaired) electrons.